The molecule has 194 valence electrons. The number of nitrogens with one attached hydrogen (secondary N) is 2. The normalized spacial score (nSPS) is 23.4. The Hall–Kier alpha value is -2.43. The SMILES string of the molecule is CSc1cnc(N[C@H]2CC[C@H](Nc3nc4ccc(C(=O)N5CCC6(CCOC6)CC5)cc4s3)C2)nc1.[HH].[HH]. The third kappa shape index (κ3) is 5.03. The number of amides is 1. The van der Waals surface area contributed by atoms with Crippen LogP contribution in [0.2, 0.25) is 0 Å². The summed E-state index contributed by atoms with van der Waals surface area (Å²) in [5.74, 6) is 0.821. The van der Waals surface area contributed by atoms with E-state index in [2.05, 4.69) is 20.6 Å². The summed E-state index contributed by atoms with van der Waals surface area (Å²) >= 11 is 3.27. The van der Waals surface area contributed by atoms with Gasteiger partial charge in [-0.25, -0.2) is 15.0 Å². The van der Waals surface area contributed by atoms with Crippen molar-refractivity contribution in [2.45, 2.75) is 55.5 Å². The molecule has 8 nitrogen and oxygen atoms in total. The fraction of sp³-hybridized carbons (Fsp3) is 0.538. The minimum atomic E-state index is 0. The van der Waals surface area contributed by atoms with Crippen molar-refractivity contribution in [2.75, 3.05) is 43.2 Å². The minimum absolute atomic E-state index is 0. The van der Waals surface area contributed by atoms with Crippen LogP contribution in [-0.4, -0.2) is 70.4 Å². The molecule has 10 heteroatoms. The van der Waals surface area contributed by atoms with Crippen molar-refractivity contribution in [1.29, 1.82) is 0 Å². The Morgan fingerprint density at radius 1 is 1.17 bits per heavy atom. The molecule has 2 N–H and O–H groups in total. The number of carbonyl (C=O) groups excluding carboxylic acids is 1. The Balaban J connectivity index is 0.00000168. The maximum Gasteiger partial charge on any atom is 0.253 e. The minimum Gasteiger partial charge on any atom is -0.381 e. The summed E-state index contributed by atoms with van der Waals surface area (Å²) in [4.78, 5) is 29.9. The molecule has 3 aliphatic rings. The summed E-state index contributed by atoms with van der Waals surface area (Å²) in [6.45, 7) is 3.36. The molecule has 6 rings (SSSR count). The summed E-state index contributed by atoms with van der Waals surface area (Å²) in [5, 5.41) is 8.00. The topological polar surface area (TPSA) is 92.3 Å². The number of aromatic nitrogens is 3. The lowest BCUT2D eigenvalue weighted by atomic mass is 9.78. The Bertz CT molecular complexity index is 1230. The molecule has 3 fully saturated rings. The second kappa shape index (κ2) is 10.1. The quantitative estimate of drug-likeness (QED) is 0.412. The fourth-order valence-corrected chi connectivity index (χ4v) is 6.93. The molecule has 0 unspecified atom stereocenters. The van der Waals surface area contributed by atoms with Gasteiger partial charge in [-0.1, -0.05) is 11.3 Å². The van der Waals surface area contributed by atoms with E-state index in [0.717, 1.165) is 90.6 Å². The van der Waals surface area contributed by atoms with Crippen LogP contribution in [0.15, 0.2) is 35.5 Å². The Morgan fingerprint density at radius 2 is 1.94 bits per heavy atom. The van der Waals surface area contributed by atoms with E-state index in [1.54, 1.807) is 23.1 Å². The highest BCUT2D eigenvalue weighted by Gasteiger charge is 2.39. The molecule has 1 saturated carbocycles. The van der Waals surface area contributed by atoms with Gasteiger partial charge >= 0.3 is 0 Å². The van der Waals surface area contributed by atoms with E-state index in [1.165, 1.54) is 0 Å². The van der Waals surface area contributed by atoms with Crippen LogP contribution in [0.4, 0.5) is 11.1 Å². The Labute approximate surface area is 222 Å². The van der Waals surface area contributed by atoms with E-state index in [9.17, 15) is 4.79 Å². The zero-order chi connectivity index (χ0) is 24.5. The number of rotatable bonds is 6. The van der Waals surface area contributed by atoms with Crippen molar-refractivity contribution in [3.8, 4) is 0 Å². The highest BCUT2D eigenvalue weighted by molar-refractivity contribution is 7.98. The number of nitrogens with zero attached hydrogens (tertiary/aromatic N) is 4. The van der Waals surface area contributed by atoms with Gasteiger partial charge in [-0.3, -0.25) is 4.79 Å². The average Bonchev–Trinajstić information content (AvgIpc) is 3.65. The second-order valence-electron chi connectivity index (χ2n) is 10.2. The van der Waals surface area contributed by atoms with Crippen molar-refractivity contribution in [1.82, 2.24) is 19.9 Å². The van der Waals surface area contributed by atoms with Crippen LogP contribution in [0, 0.1) is 5.41 Å². The largest absolute Gasteiger partial charge is 0.381 e. The van der Waals surface area contributed by atoms with Crippen molar-refractivity contribution < 1.29 is 12.4 Å². The number of benzene rings is 1. The second-order valence-corrected chi connectivity index (χ2v) is 12.1. The standard InChI is InChI=1S/C26H32N6O2S2.2H2/c1-35-20-14-27-24(28-15-20)29-18-3-4-19(13-18)30-25-31-21-5-2-17(12-22(21)36-25)23(33)32-9-6-26(7-10-32)8-11-34-16-26;;/h2,5,12,14-15,18-19H,3-4,6-11,13,16H2,1H3,(H,30,31)(H,27,28,29);2*1H/t18-,19-;;/m0../s1. The maximum atomic E-state index is 13.2. The van der Waals surface area contributed by atoms with Crippen LogP contribution in [-0.2, 0) is 4.74 Å². The molecule has 1 spiro atoms. The predicted molar refractivity (Wildman–Crippen MR) is 149 cm³/mol. The van der Waals surface area contributed by atoms with Crippen LogP contribution >= 0.6 is 23.1 Å². The Morgan fingerprint density at radius 3 is 2.67 bits per heavy atom. The summed E-state index contributed by atoms with van der Waals surface area (Å²) in [5.41, 5.74) is 2.00. The van der Waals surface area contributed by atoms with Gasteiger partial charge in [0.2, 0.25) is 5.95 Å². The first-order valence-electron chi connectivity index (χ1n) is 12.8. The maximum absolute atomic E-state index is 13.2. The lowest BCUT2D eigenvalue weighted by molar-refractivity contribution is 0.0533. The number of likely N-dealkylation sites (tertiary alicyclic amines) is 1. The van der Waals surface area contributed by atoms with Crippen molar-refractivity contribution in [2.24, 2.45) is 5.41 Å². The highest BCUT2D eigenvalue weighted by Crippen LogP contribution is 2.39. The number of thiazole rings is 1. The molecule has 1 amide bonds. The van der Waals surface area contributed by atoms with Crippen molar-refractivity contribution in [3.63, 3.8) is 0 Å². The van der Waals surface area contributed by atoms with Gasteiger partial charge in [-0.2, -0.15) is 0 Å². The van der Waals surface area contributed by atoms with Crippen LogP contribution in [0.25, 0.3) is 10.2 Å². The van der Waals surface area contributed by atoms with Gasteiger partial charge in [0, 0.05) is 57.5 Å². The summed E-state index contributed by atoms with van der Waals surface area (Å²) < 4.78 is 6.68. The van der Waals surface area contributed by atoms with Crippen LogP contribution < -0.4 is 10.6 Å². The molecule has 1 aliphatic carbocycles. The first-order valence-corrected chi connectivity index (χ1v) is 14.8. The number of fused-ring (bicyclic) bond motifs is 1. The predicted octanol–water partition coefficient (Wildman–Crippen LogP) is 5.39. The van der Waals surface area contributed by atoms with E-state index in [4.69, 9.17) is 9.72 Å². The average molecular weight is 529 g/mol. The molecule has 2 aromatic heterocycles. The number of piperidine rings is 1. The van der Waals surface area contributed by atoms with Gasteiger partial charge in [0.1, 0.15) is 0 Å². The third-order valence-corrected chi connectivity index (χ3v) is 9.52. The fourth-order valence-electron chi connectivity index (χ4n) is 5.63. The van der Waals surface area contributed by atoms with E-state index >= 15 is 0 Å². The molecule has 2 aliphatic heterocycles. The summed E-state index contributed by atoms with van der Waals surface area (Å²) in [6.07, 6.45) is 12.1. The van der Waals surface area contributed by atoms with Crippen LogP contribution in [0.1, 0.15) is 51.7 Å². The van der Waals surface area contributed by atoms with Gasteiger partial charge in [0.25, 0.3) is 5.91 Å². The number of anilines is 2. The number of hydrogen-bond acceptors (Lipinski definition) is 9. The number of thioether (sulfide) groups is 1. The van der Waals surface area contributed by atoms with Crippen molar-refractivity contribution in [3.05, 3.63) is 36.2 Å². The molecule has 0 bridgehead atoms. The first-order chi connectivity index (χ1) is 17.6. The van der Waals surface area contributed by atoms with E-state index in [-0.39, 0.29) is 8.76 Å². The lowest BCUT2D eigenvalue weighted by Crippen LogP contribution is -2.43. The molecular weight excluding hydrogens is 492 g/mol. The van der Waals surface area contributed by atoms with Crippen LogP contribution in [0.5, 0.6) is 0 Å². The number of carbonyl (C=O) groups is 1. The van der Waals surface area contributed by atoms with E-state index < -0.39 is 0 Å². The van der Waals surface area contributed by atoms with Crippen LogP contribution in [0.3, 0.4) is 0 Å². The van der Waals surface area contributed by atoms with Gasteiger partial charge in [-0.05, 0) is 68.4 Å². The summed E-state index contributed by atoms with van der Waals surface area (Å²) in [7, 11) is 0. The zero-order valence-corrected chi connectivity index (χ0v) is 22.2. The monoisotopic (exact) mass is 528 g/mol. The van der Waals surface area contributed by atoms with Gasteiger partial charge in [0.15, 0.2) is 5.13 Å². The first kappa shape index (κ1) is 23.9. The molecular formula is C26H36N6O2S2. The molecule has 4 heterocycles. The zero-order valence-electron chi connectivity index (χ0n) is 20.5. The smallest absolute Gasteiger partial charge is 0.253 e. The van der Waals surface area contributed by atoms with E-state index in [1.807, 2.05) is 41.7 Å². The van der Waals surface area contributed by atoms with Crippen molar-refractivity contribution >= 4 is 50.3 Å². The molecule has 36 heavy (non-hydrogen) atoms. The molecule has 3 aromatic rings. The molecule has 2 saturated heterocycles. The Kier molecular flexibility index (Phi) is 6.74. The number of ether oxygens (including phenoxy) is 1. The number of hydrogen-bond donors (Lipinski definition) is 2. The molecule has 0 radical (unpaired) electrons. The molecule has 2 atom stereocenters. The molecule has 1 aromatic carbocycles. The van der Waals surface area contributed by atoms with Gasteiger partial charge in [0.05, 0.1) is 16.8 Å². The third-order valence-electron chi connectivity index (χ3n) is 7.89. The van der Waals surface area contributed by atoms with Gasteiger partial charge < -0.3 is 20.3 Å². The highest BCUT2D eigenvalue weighted by atomic mass is 32.2. The van der Waals surface area contributed by atoms with E-state index in [0.29, 0.717) is 23.4 Å². The van der Waals surface area contributed by atoms with Gasteiger partial charge in [-0.15, -0.1) is 11.8 Å². The summed E-state index contributed by atoms with van der Waals surface area (Å²) in [6, 6.07) is 6.62. The lowest BCUT2D eigenvalue weighted by Gasteiger charge is -2.38.